The van der Waals surface area contributed by atoms with Crippen molar-refractivity contribution in [2.75, 3.05) is 19.0 Å². The maximum Gasteiger partial charge on any atom is 0.230 e. The molecule has 4 heteroatoms. The number of hydrogen-bond acceptors (Lipinski definition) is 3. The lowest BCUT2D eigenvalue weighted by molar-refractivity contribution is -0.125. The number of carbonyl (C=O) groups is 2. The van der Waals surface area contributed by atoms with E-state index in [1.165, 1.54) is 0 Å². The molecule has 1 heterocycles. The lowest BCUT2D eigenvalue weighted by atomic mass is 9.97. The van der Waals surface area contributed by atoms with E-state index in [9.17, 15) is 9.59 Å². The molecule has 1 aliphatic rings. The summed E-state index contributed by atoms with van der Waals surface area (Å²) in [5, 5.41) is 2.34. The Balaban J connectivity index is 2.11. The number of benzene rings is 1. The van der Waals surface area contributed by atoms with Crippen LogP contribution >= 0.6 is 0 Å². The van der Waals surface area contributed by atoms with Gasteiger partial charge in [-0.3, -0.25) is 14.9 Å². The molecule has 1 unspecified atom stereocenters. The van der Waals surface area contributed by atoms with E-state index in [4.69, 9.17) is 0 Å². The molecular weight excluding hydrogens is 216 g/mol. The summed E-state index contributed by atoms with van der Waals surface area (Å²) in [7, 11) is 3.95. The van der Waals surface area contributed by atoms with Crippen LogP contribution in [-0.4, -0.2) is 25.9 Å². The number of amides is 2. The van der Waals surface area contributed by atoms with Gasteiger partial charge in [0.25, 0.3) is 0 Å². The third-order valence-electron chi connectivity index (χ3n) is 2.97. The first-order valence-electron chi connectivity index (χ1n) is 5.66. The largest absolute Gasteiger partial charge is 0.378 e. The van der Waals surface area contributed by atoms with Crippen LogP contribution in [0.4, 0.5) is 5.69 Å². The molecule has 0 aliphatic carbocycles. The quantitative estimate of drug-likeness (QED) is 0.790. The average Bonchev–Trinajstić information content (AvgIpc) is 2.58. The van der Waals surface area contributed by atoms with E-state index >= 15 is 0 Å². The third-order valence-corrected chi connectivity index (χ3v) is 2.97. The smallest absolute Gasteiger partial charge is 0.230 e. The lowest BCUT2D eigenvalue weighted by Crippen LogP contribution is -2.22. The Morgan fingerprint density at radius 3 is 2.71 bits per heavy atom. The van der Waals surface area contributed by atoms with Crippen LogP contribution in [0, 0.1) is 5.92 Å². The van der Waals surface area contributed by atoms with Gasteiger partial charge in [0.15, 0.2) is 0 Å². The Kier molecular flexibility index (Phi) is 3.13. The number of rotatable bonds is 3. The van der Waals surface area contributed by atoms with Gasteiger partial charge in [-0.15, -0.1) is 0 Å². The summed E-state index contributed by atoms with van der Waals surface area (Å²) in [5.41, 5.74) is 2.19. The van der Waals surface area contributed by atoms with Gasteiger partial charge in [-0.1, -0.05) is 12.1 Å². The van der Waals surface area contributed by atoms with E-state index in [-0.39, 0.29) is 17.7 Å². The van der Waals surface area contributed by atoms with Gasteiger partial charge in [-0.05, 0) is 24.1 Å². The van der Waals surface area contributed by atoms with E-state index in [0.717, 1.165) is 11.3 Å². The molecule has 90 valence electrons. The average molecular weight is 232 g/mol. The highest BCUT2D eigenvalue weighted by Gasteiger charge is 2.30. The summed E-state index contributed by atoms with van der Waals surface area (Å²) < 4.78 is 0. The van der Waals surface area contributed by atoms with Crippen LogP contribution in [-0.2, 0) is 16.0 Å². The van der Waals surface area contributed by atoms with Crippen LogP contribution in [0.3, 0.4) is 0 Å². The van der Waals surface area contributed by atoms with Crippen LogP contribution < -0.4 is 10.2 Å². The fraction of sp³-hybridized carbons (Fsp3) is 0.385. The van der Waals surface area contributed by atoms with Gasteiger partial charge >= 0.3 is 0 Å². The molecule has 0 spiro atoms. The summed E-state index contributed by atoms with van der Waals surface area (Å²) in [6, 6.07) is 8.03. The van der Waals surface area contributed by atoms with Crippen LogP contribution in [0.5, 0.6) is 0 Å². The van der Waals surface area contributed by atoms with E-state index < -0.39 is 0 Å². The second kappa shape index (κ2) is 4.57. The van der Waals surface area contributed by atoms with E-state index in [1.807, 2.05) is 37.2 Å². The molecule has 0 saturated carbocycles. The summed E-state index contributed by atoms with van der Waals surface area (Å²) in [6.45, 7) is 0. The zero-order valence-corrected chi connectivity index (χ0v) is 10.1. The third kappa shape index (κ3) is 2.64. The van der Waals surface area contributed by atoms with Crippen molar-refractivity contribution in [2.24, 2.45) is 5.92 Å². The topological polar surface area (TPSA) is 49.4 Å². The van der Waals surface area contributed by atoms with Crippen molar-refractivity contribution >= 4 is 17.5 Å². The summed E-state index contributed by atoms with van der Waals surface area (Å²) >= 11 is 0. The zero-order chi connectivity index (χ0) is 12.4. The predicted octanol–water partition coefficient (Wildman–Crippen LogP) is 0.958. The minimum atomic E-state index is -0.208. The van der Waals surface area contributed by atoms with Crippen molar-refractivity contribution in [3.05, 3.63) is 29.8 Å². The molecule has 1 fully saturated rings. The first-order valence-corrected chi connectivity index (χ1v) is 5.66. The van der Waals surface area contributed by atoms with Crippen LogP contribution in [0.25, 0.3) is 0 Å². The Bertz CT molecular complexity index is 454. The van der Waals surface area contributed by atoms with Gasteiger partial charge in [0.05, 0.1) is 5.92 Å². The monoisotopic (exact) mass is 232 g/mol. The Labute approximate surface area is 101 Å². The van der Waals surface area contributed by atoms with Gasteiger partial charge in [-0.2, -0.15) is 0 Å². The van der Waals surface area contributed by atoms with Crippen molar-refractivity contribution < 1.29 is 9.59 Å². The molecule has 17 heavy (non-hydrogen) atoms. The maximum atomic E-state index is 11.5. The molecule has 2 amide bonds. The molecule has 1 atom stereocenters. The maximum absolute atomic E-state index is 11.5. The molecule has 0 radical (unpaired) electrons. The zero-order valence-electron chi connectivity index (χ0n) is 10.1. The van der Waals surface area contributed by atoms with Gasteiger partial charge in [0, 0.05) is 26.2 Å². The molecule has 0 bridgehead atoms. The van der Waals surface area contributed by atoms with E-state index in [2.05, 4.69) is 11.4 Å². The SMILES string of the molecule is CN(C)c1cccc(CC2CC(=O)NC2=O)c1. The predicted molar refractivity (Wildman–Crippen MR) is 65.7 cm³/mol. The number of anilines is 1. The summed E-state index contributed by atoms with van der Waals surface area (Å²) in [4.78, 5) is 24.6. The van der Waals surface area contributed by atoms with Crippen LogP contribution in [0.2, 0.25) is 0 Å². The number of nitrogens with one attached hydrogen (secondary N) is 1. The molecule has 1 aromatic rings. The van der Waals surface area contributed by atoms with Crippen LogP contribution in [0.15, 0.2) is 24.3 Å². The minimum absolute atomic E-state index is 0.148. The lowest BCUT2D eigenvalue weighted by Gasteiger charge is -2.14. The van der Waals surface area contributed by atoms with E-state index in [0.29, 0.717) is 12.8 Å². The molecule has 1 saturated heterocycles. The fourth-order valence-corrected chi connectivity index (χ4v) is 2.02. The highest BCUT2D eigenvalue weighted by Crippen LogP contribution is 2.20. The molecule has 0 aromatic heterocycles. The Morgan fingerprint density at radius 1 is 1.35 bits per heavy atom. The van der Waals surface area contributed by atoms with Gasteiger partial charge in [-0.25, -0.2) is 0 Å². The second-order valence-electron chi connectivity index (χ2n) is 4.58. The molecular formula is C13H16N2O2. The Morgan fingerprint density at radius 2 is 2.12 bits per heavy atom. The first-order chi connectivity index (χ1) is 8.06. The number of hydrogen-bond donors (Lipinski definition) is 1. The summed E-state index contributed by atoms with van der Waals surface area (Å²) in [6.07, 6.45) is 0.935. The van der Waals surface area contributed by atoms with Gasteiger partial charge in [0.1, 0.15) is 0 Å². The minimum Gasteiger partial charge on any atom is -0.378 e. The number of carbonyl (C=O) groups excluding carboxylic acids is 2. The molecule has 1 aromatic carbocycles. The Hall–Kier alpha value is -1.84. The number of imide groups is 1. The van der Waals surface area contributed by atoms with Gasteiger partial charge in [0.2, 0.25) is 11.8 Å². The van der Waals surface area contributed by atoms with Crippen molar-refractivity contribution in [2.45, 2.75) is 12.8 Å². The molecule has 1 aliphatic heterocycles. The van der Waals surface area contributed by atoms with Crippen molar-refractivity contribution in [3.8, 4) is 0 Å². The molecule has 4 nitrogen and oxygen atoms in total. The normalized spacial score (nSPS) is 19.3. The standard InChI is InChI=1S/C13H16N2O2/c1-15(2)11-5-3-4-9(7-11)6-10-8-12(16)14-13(10)17/h3-5,7,10H,6,8H2,1-2H3,(H,14,16,17). The molecule has 2 rings (SSSR count). The molecule has 1 N–H and O–H groups in total. The fourth-order valence-electron chi connectivity index (χ4n) is 2.02. The highest BCUT2D eigenvalue weighted by molar-refractivity contribution is 6.03. The van der Waals surface area contributed by atoms with E-state index in [1.54, 1.807) is 0 Å². The van der Waals surface area contributed by atoms with Crippen molar-refractivity contribution in [1.29, 1.82) is 0 Å². The second-order valence-corrected chi connectivity index (χ2v) is 4.58. The van der Waals surface area contributed by atoms with Crippen LogP contribution in [0.1, 0.15) is 12.0 Å². The first kappa shape index (κ1) is 11.6. The highest BCUT2D eigenvalue weighted by atomic mass is 16.2. The van der Waals surface area contributed by atoms with Crippen molar-refractivity contribution in [3.63, 3.8) is 0 Å². The number of nitrogens with zero attached hydrogens (tertiary/aromatic N) is 1. The van der Waals surface area contributed by atoms with Crippen molar-refractivity contribution in [1.82, 2.24) is 5.32 Å². The summed E-state index contributed by atoms with van der Waals surface area (Å²) in [5.74, 6) is -0.520. The van der Waals surface area contributed by atoms with Gasteiger partial charge < -0.3 is 4.90 Å².